The molecule has 2 rings (SSSR count). The number of ether oxygens (including phenoxy) is 1. The van der Waals surface area contributed by atoms with Crippen molar-refractivity contribution in [2.75, 3.05) is 13.2 Å². The maximum atomic E-state index is 12.4. The van der Waals surface area contributed by atoms with Gasteiger partial charge >= 0.3 is 6.09 Å². The largest absolute Gasteiger partial charge is 0.450 e. The second-order valence-corrected chi connectivity index (χ2v) is 7.33. The van der Waals surface area contributed by atoms with E-state index >= 15 is 0 Å². The predicted molar refractivity (Wildman–Crippen MR) is 103 cm³/mol. The molecule has 2 N–H and O–H groups in total. The van der Waals surface area contributed by atoms with Crippen LogP contribution in [0.5, 0.6) is 0 Å². The highest BCUT2D eigenvalue weighted by atomic mass is 32.1. The van der Waals surface area contributed by atoms with Gasteiger partial charge in [-0.3, -0.25) is 4.79 Å². The summed E-state index contributed by atoms with van der Waals surface area (Å²) in [6.07, 6.45) is 1.87. The van der Waals surface area contributed by atoms with Crippen molar-refractivity contribution in [3.8, 4) is 10.6 Å². The number of carbonyl (C=O) groups excluding carboxylic acids is 2. The molecule has 0 aliphatic rings. The fourth-order valence-electron chi connectivity index (χ4n) is 2.50. The molecular formula is C19H25N3O3S. The zero-order valence-electron chi connectivity index (χ0n) is 15.3. The summed E-state index contributed by atoms with van der Waals surface area (Å²) in [6, 6.07) is 9.56. The number of thiazole rings is 1. The SMILES string of the molecule is CCOC(=O)NC(CNC(=O)c1cnc(-c2ccccc2)s1)CC(C)C. The third-order valence-corrected chi connectivity index (χ3v) is 4.66. The van der Waals surface area contributed by atoms with Gasteiger partial charge in [-0.25, -0.2) is 9.78 Å². The Hall–Kier alpha value is -2.41. The minimum absolute atomic E-state index is 0.181. The number of rotatable bonds is 8. The van der Waals surface area contributed by atoms with Gasteiger partial charge in [0.2, 0.25) is 0 Å². The van der Waals surface area contributed by atoms with E-state index in [1.54, 1.807) is 13.1 Å². The van der Waals surface area contributed by atoms with Crippen LogP contribution in [0.15, 0.2) is 36.5 Å². The normalized spacial score (nSPS) is 11.8. The highest BCUT2D eigenvalue weighted by molar-refractivity contribution is 7.16. The van der Waals surface area contributed by atoms with Crippen LogP contribution in [0.25, 0.3) is 10.6 Å². The third-order valence-electron chi connectivity index (χ3n) is 3.61. The third kappa shape index (κ3) is 6.15. The molecule has 1 aromatic carbocycles. The van der Waals surface area contributed by atoms with Gasteiger partial charge in [-0.2, -0.15) is 0 Å². The molecule has 6 nitrogen and oxygen atoms in total. The summed E-state index contributed by atoms with van der Waals surface area (Å²) in [5.74, 6) is 0.191. The van der Waals surface area contributed by atoms with Crippen molar-refractivity contribution in [3.63, 3.8) is 0 Å². The Morgan fingerprint density at radius 3 is 2.62 bits per heavy atom. The maximum absolute atomic E-state index is 12.4. The van der Waals surface area contributed by atoms with Gasteiger partial charge in [-0.1, -0.05) is 44.2 Å². The maximum Gasteiger partial charge on any atom is 0.407 e. The molecule has 0 aliphatic heterocycles. The summed E-state index contributed by atoms with van der Waals surface area (Å²) in [4.78, 5) is 28.9. The summed E-state index contributed by atoms with van der Waals surface area (Å²) >= 11 is 1.35. The Labute approximate surface area is 158 Å². The monoisotopic (exact) mass is 375 g/mol. The Morgan fingerprint density at radius 2 is 1.96 bits per heavy atom. The lowest BCUT2D eigenvalue weighted by Crippen LogP contribution is -2.44. The number of benzene rings is 1. The second-order valence-electron chi connectivity index (χ2n) is 6.30. The summed E-state index contributed by atoms with van der Waals surface area (Å²) in [5.41, 5.74) is 0.984. The van der Waals surface area contributed by atoms with Gasteiger partial charge in [0.1, 0.15) is 9.88 Å². The number of hydrogen-bond donors (Lipinski definition) is 2. The summed E-state index contributed by atoms with van der Waals surface area (Å²) in [5, 5.41) is 6.48. The molecule has 1 atom stereocenters. The molecule has 0 fully saturated rings. The van der Waals surface area contributed by atoms with Crippen molar-refractivity contribution in [2.45, 2.75) is 33.2 Å². The molecule has 0 saturated heterocycles. The van der Waals surface area contributed by atoms with E-state index in [1.165, 1.54) is 11.3 Å². The highest BCUT2D eigenvalue weighted by Crippen LogP contribution is 2.24. The van der Waals surface area contributed by atoms with Crippen LogP contribution in [-0.2, 0) is 4.74 Å². The van der Waals surface area contributed by atoms with Crippen LogP contribution in [0.3, 0.4) is 0 Å². The molecule has 0 saturated carbocycles. The van der Waals surface area contributed by atoms with Gasteiger partial charge < -0.3 is 15.4 Å². The summed E-state index contributed by atoms with van der Waals surface area (Å²) in [6.45, 7) is 6.55. The van der Waals surface area contributed by atoms with Crippen LogP contribution in [0, 0.1) is 5.92 Å². The molecule has 26 heavy (non-hydrogen) atoms. The number of hydrogen-bond acceptors (Lipinski definition) is 5. The van der Waals surface area contributed by atoms with E-state index in [1.807, 2.05) is 30.3 Å². The lowest BCUT2D eigenvalue weighted by Gasteiger charge is -2.20. The van der Waals surface area contributed by atoms with Gasteiger partial charge in [-0.05, 0) is 19.3 Å². The van der Waals surface area contributed by atoms with E-state index < -0.39 is 6.09 Å². The van der Waals surface area contributed by atoms with Gasteiger partial charge in [0.15, 0.2) is 0 Å². The lowest BCUT2D eigenvalue weighted by molar-refractivity contribution is 0.0948. The lowest BCUT2D eigenvalue weighted by atomic mass is 10.0. The van der Waals surface area contributed by atoms with Gasteiger partial charge in [0, 0.05) is 18.2 Å². The minimum Gasteiger partial charge on any atom is -0.450 e. The number of nitrogens with one attached hydrogen (secondary N) is 2. The summed E-state index contributed by atoms with van der Waals surface area (Å²) in [7, 11) is 0. The molecule has 0 radical (unpaired) electrons. The number of aromatic nitrogens is 1. The smallest absolute Gasteiger partial charge is 0.407 e. The van der Waals surface area contributed by atoms with Gasteiger partial charge in [0.25, 0.3) is 5.91 Å². The number of alkyl carbamates (subject to hydrolysis) is 1. The van der Waals surface area contributed by atoms with E-state index in [4.69, 9.17) is 4.74 Å². The van der Waals surface area contributed by atoms with E-state index in [2.05, 4.69) is 29.5 Å². The summed E-state index contributed by atoms with van der Waals surface area (Å²) < 4.78 is 4.93. The molecular weight excluding hydrogens is 350 g/mol. The Kier molecular flexibility index (Phi) is 7.59. The van der Waals surface area contributed by atoms with Crippen molar-refractivity contribution in [1.29, 1.82) is 0 Å². The number of amides is 2. The fraction of sp³-hybridized carbons (Fsp3) is 0.421. The molecule has 140 valence electrons. The van der Waals surface area contributed by atoms with E-state index in [0.29, 0.717) is 23.9 Å². The Bertz CT molecular complexity index is 716. The first-order valence-corrected chi connectivity index (χ1v) is 9.54. The predicted octanol–water partition coefficient (Wildman–Crippen LogP) is 3.70. The molecule has 0 spiro atoms. The first kappa shape index (κ1) is 19.9. The van der Waals surface area contributed by atoms with E-state index in [0.717, 1.165) is 17.0 Å². The Balaban J connectivity index is 1.94. The van der Waals surface area contributed by atoms with Crippen molar-refractivity contribution >= 4 is 23.3 Å². The van der Waals surface area contributed by atoms with Crippen molar-refractivity contribution in [2.24, 2.45) is 5.92 Å². The molecule has 2 aromatic rings. The first-order chi connectivity index (χ1) is 12.5. The van der Waals surface area contributed by atoms with E-state index in [9.17, 15) is 9.59 Å². The standard InChI is InChI=1S/C19H25N3O3S/c1-4-25-19(24)22-15(10-13(2)3)11-20-17(23)16-12-21-18(26-16)14-8-6-5-7-9-14/h5-9,12-13,15H,4,10-11H2,1-3H3,(H,20,23)(H,22,24). The fourth-order valence-corrected chi connectivity index (χ4v) is 3.34. The topological polar surface area (TPSA) is 80.3 Å². The molecule has 0 aliphatic carbocycles. The van der Waals surface area contributed by atoms with Crippen molar-refractivity contribution in [1.82, 2.24) is 15.6 Å². The van der Waals surface area contributed by atoms with Crippen LogP contribution in [0.4, 0.5) is 4.79 Å². The molecule has 2 amide bonds. The van der Waals surface area contributed by atoms with Crippen LogP contribution in [0.2, 0.25) is 0 Å². The van der Waals surface area contributed by atoms with Gasteiger partial charge in [-0.15, -0.1) is 11.3 Å². The van der Waals surface area contributed by atoms with Gasteiger partial charge in [0.05, 0.1) is 12.8 Å². The number of carbonyl (C=O) groups is 2. The average Bonchev–Trinajstić information content (AvgIpc) is 3.10. The first-order valence-electron chi connectivity index (χ1n) is 8.72. The highest BCUT2D eigenvalue weighted by Gasteiger charge is 2.17. The molecule has 1 unspecified atom stereocenters. The minimum atomic E-state index is -0.462. The van der Waals surface area contributed by atoms with Crippen LogP contribution >= 0.6 is 11.3 Å². The average molecular weight is 375 g/mol. The second kappa shape index (κ2) is 9.91. The molecule has 1 heterocycles. The van der Waals surface area contributed by atoms with E-state index in [-0.39, 0.29) is 11.9 Å². The molecule has 7 heteroatoms. The van der Waals surface area contributed by atoms with Crippen molar-refractivity contribution < 1.29 is 14.3 Å². The Morgan fingerprint density at radius 1 is 1.23 bits per heavy atom. The number of nitrogens with zero attached hydrogens (tertiary/aromatic N) is 1. The van der Waals surface area contributed by atoms with Crippen LogP contribution in [-0.4, -0.2) is 36.2 Å². The zero-order valence-corrected chi connectivity index (χ0v) is 16.1. The van der Waals surface area contributed by atoms with Crippen LogP contribution < -0.4 is 10.6 Å². The molecule has 0 bridgehead atoms. The quantitative estimate of drug-likeness (QED) is 0.737. The molecule has 1 aromatic heterocycles. The van der Waals surface area contributed by atoms with Crippen LogP contribution in [0.1, 0.15) is 36.9 Å². The van der Waals surface area contributed by atoms with Crippen molar-refractivity contribution in [3.05, 3.63) is 41.4 Å². The zero-order chi connectivity index (χ0) is 18.9.